The third-order valence-electron chi connectivity index (χ3n) is 5.34. The van der Waals surface area contributed by atoms with E-state index in [1.807, 2.05) is 0 Å². The van der Waals surface area contributed by atoms with E-state index in [4.69, 9.17) is 9.51 Å². The van der Waals surface area contributed by atoms with Gasteiger partial charge in [-0.3, -0.25) is 0 Å². The van der Waals surface area contributed by atoms with E-state index in [-0.39, 0.29) is 0 Å². The van der Waals surface area contributed by atoms with Crippen LogP contribution < -0.4 is 0 Å². The standard InChI is InChI=1S/C20H26N4O/c1-3-4-11-24-12-9-15(10-13-24)20-21-19(22-25-20)17-14-23(2)18-8-6-5-7-16(17)18/h5-8,14-15H,3-4,9-13H2,1-2H3. The number of nitrogens with zero attached hydrogens (tertiary/aromatic N) is 4. The molecule has 0 aliphatic carbocycles. The summed E-state index contributed by atoms with van der Waals surface area (Å²) in [5.74, 6) is 1.91. The van der Waals surface area contributed by atoms with Crippen molar-refractivity contribution in [2.45, 2.75) is 38.5 Å². The molecule has 0 bridgehead atoms. The van der Waals surface area contributed by atoms with Crippen molar-refractivity contribution >= 4 is 10.9 Å². The molecule has 25 heavy (non-hydrogen) atoms. The van der Waals surface area contributed by atoms with E-state index in [0.29, 0.717) is 11.7 Å². The minimum atomic E-state index is 0.397. The van der Waals surface area contributed by atoms with Crippen molar-refractivity contribution in [2.75, 3.05) is 19.6 Å². The minimum Gasteiger partial charge on any atom is -0.350 e. The average molecular weight is 338 g/mol. The number of aromatic nitrogens is 3. The van der Waals surface area contributed by atoms with Crippen LogP contribution in [0, 0.1) is 0 Å². The van der Waals surface area contributed by atoms with Crippen LogP contribution in [0.2, 0.25) is 0 Å². The molecule has 1 fully saturated rings. The fourth-order valence-electron chi connectivity index (χ4n) is 3.82. The molecule has 4 rings (SSSR count). The zero-order valence-corrected chi connectivity index (χ0v) is 15.1. The van der Waals surface area contributed by atoms with Crippen molar-refractivity contribution in [3.8, 4) is 11.4 Å². The van der Waals surface area contributed by atoms with Crippen molar-refractivity contribution < 1.29 is 4.52 Å². The Balaban J connectivity index is 1.51. The first-order valence-corrected chi connectivity index (χ1v) is 9.36. The number of likely N-dealkylation sites (tertiary alicyclic amines) is 1. The molecule has 0 saturated carbocycles. The first kappa shape index (κ1) is 16.3. The van der Waals surface area contributed by atoms with Gasteiger partial charge in [-0.05, 0) is 45.0 Å². The van der Waals surface area contributed by atoms with Gasteiger partial charge in [-0.1, -0.05) is 36.7 Å². The highest BCUT2D eigenvalue weighted by atomic mass is 16.5. The SMILES string of the molecule is CCCCN1CCC(c2nc(-c3cn(C)c4ccccc34)no2)CC1. The van der Waals surface area contributed by atoms with Gasteiger partial charge >= 0.3 is 0 Å². The zero-order chi connectivity index (χ0) is 17.2. The Hall–Kier alpha value is -2.14. The first-order chi connectivity index (χ1) is 12.3. The second-order valence-corrected chi connectivity index (χ2v) is 7.10. The van der Waals surface area contributed by atoms with Crippen molar-refractivity contribution in [3.63, 3.8) is 0 Å². The Morgan fingerprint density at radius 2 is 2.00 bits per heavy atom. The van der Waals surface area contributed by atoms with E-state index in [0.717, 1.165) is 37.4 Å². The maximum Gasteiger partial charge on any atom is 0.230 e. The summed E-state index contributed by atoms with van der Waals surface area (Å²) < 4.78 is 7.76. The van der Waals surface area contributed by atoms with Gasteiger partial charge in [0.05, 0.1) is 0 Å². The quantitative estimate of drug-likeness (QED) is 0.699. The number of aryl methyl sites for hydroxylation is 1. The molecule has 3 heterocycles. The number of unbranched alkanes of at least 4 members (excludes halogenated alkanes) is 1. The van der Waals surface area contributed by atoms with E-state index >= 15 is 0 Å². The normalized spacial score (nSPS) is 16.7. The van der Waals surface area contributed by atoms with E-state index in [1.165, 1.54) is 30.3 Å². The number of fused-ring (bicyclic) bond motifs is 1. The minimum absolute atomic E-state index is 0.397. The predicted molar refractivity (Wildman–Crippen MR) is 99.5 cm³/mol. The lowest BCUT2D eigenvalue weighted by atomic mass is 9.96. The van der Waals surface area contributed by atoms with E-state index < -0.39 is 0 Å². The third kappa shape index (κ3) is 3.21. The van der Waals surface area contributed by atoms with Gasteiger partial charge in [-0.2, -0.15) is 4.98 Å². The molecular formula is C20H26N4O. The maximum absolute atomic E-state index is 5.64. The van der Waals surface area contributed by atoms with Gasteiger partial charge in [0, 0.05) is 35.6 Å². The number of rotatable bonds is 5. The smallest absolute Gasteiger partial charge is 0.230 e. The molecule has 132 valence electrons. The summed E-state index contributed by atoms with van der Waals surface area (Å²) in [4.78, 5) is 7.30. The summed E-state index contributed by atoms with van der Waals surface area (Å²) in [6, 6.07) is 8.34. The molecule has 5 nitrogen and oxygen atoms in total. The molecular weight excluding hydrogens is 312 g/mol. The zero-order valence-electron chi connectivity index (χ0n) is 15.1. The third-order valence-corrected chi connectivity index (χ3v) is 5.34. The number of piperidine rings is 1. The second kappa shape index (κ2) is 7.00. The molecule has 3 aromatic rings. The molecule has 0 amide bonds. The van der Waals surface area contributed by atoms with Gasteiger partial charge in [0.15, 0.2) is 0 Å². The summed E-state index contributed by atoms with van der Waals surface area (Å²) in [6.07, 6.45) is 6.86. The van der Waals surface area contributed by atoms with E-state index in [2.05, 4.69) is 59.1 Å². The summed E-state index contributed by atoms with van der Waals surface area (Å²) in [6.45, 7) is 5.74. The lowest BCUT2D eigenvalue weighted by Crippen LogP contribution is -2.33. The van der Waals surface area contributed by atoms with Crippen LogP contribution in [-0.4, -0.2) is 39.2 Å². The van der Waals surface area contributed by atoms with Crippen LogP contribution in [0.25, 0.3) is 22.3 Å². The first-order valence-electron chi connectivity index (χ1n) is 9.36. The molecule has 1 aromatic carbocycles. The van der Waals surface area contributed by atoms with Gasteiger partial charge in [-0.15, -0.1) is 0 Å². The fourth-order valence-corrected chi connectivity index (χ4v) is 3.82. The second-order valence-electron chi connectivity index (χ2n) is 7.10. The van der Waals surface area contributed by atoms with Gasteiger partial charge < -0.3 is 14.0 Å². The van der Waals surface area contributed by atoms with Crippen molar-refractivity contribution in [1.29, 1.82) is 0 Å². The lowest BCUT2D eigenvalue weighted by Gasteiger charge is -2.30. The summed E-state index contributed by atoms with van der Waals surface area (Å²) >= 11 is 0. The largest absolute Gasteiger partial charge is 0.350 e. The maximum atomic E-state index is 5.64. The molecule has 0 radical (unpaired) electrons. The highest BCUT2D eigenvalue weighted by Crippen LogP contribution is 2.31. The van der Waals surface area contributed by atoms with Crippen LogP contribution >= 0.6 is 0 Å². The molecule has 1 aliphatic rings. The fraction of sp³-hybridized carbons (Fsp3) is 0.500. The van der Waals surface area contributed by atoms with Crippen LogP contribution in [-0.2, 0) is 7.05 Å². The van der Waals surface area contributed by atoms with E-state index in [9.17, 15) is 0 Å². The molecule has 0 N–H and O–H groups in total. The van der Waals surface area contributed by atoms with Crippen LogP contribution in [0.3, 0.4) is 0 Å². The van der Waals surface area contributed by atoms with Crippen LogP contribution in [0.5, 0.6) is 0 Å². The van der Waals surface area contributed by atoms with Gasteiger partial charge in [-0.25, -0.2) is 0 Å². The lowest BCUT2D eigenvalue weighted by molar-refractivity contribution is 0.192. The predicted octanol–water partition coefficient (Wildman–Crippen LogP) is 4.21. The Kier molecular flexibility index (Phi) is 4.57. The summed E-state index contributed by atoms with van der Waals surface area (Å²) in [5, 5.41) is 5.45. The average Bonchev–Trinajstić information content (AvgIpc) is 3.26. The Morgan fingerprint density at radius 1 is 1.20 bits per heavy atom. The van der Waals surface area contributed by atoms with Crippen LogP contribution in [0.15, 0.2) is 35.0 Å². The summed E-state index contributed by atoms with van der Waals surface area (Å²) in [5.41, 5.74) is 2.24. The molecule has 1 saturated heterocycles. The monoisotopic (exact) mass is 338 g/mol. The Bertz CT molecular complexity index is 842. The van der Waals surface area contributed by atoms with Crippen LogP contribution in [0.1, 0.15) is 44.4 Å². The molecule has 0 spiro atoms. The van der Waals surface area contributed by atoms with Gasteiger partial charge in [0.2, 0.25) is 11.7 Å². The van der Waals surface area contributed by atoms with Gasteiger partial charge in [0.1, 0.15) is 0 Å². The van der Waals surface area contributed by atoms with Gasteiger partial charge in [0.25, 0.3) is 0 Å². The molecule has 1 aliphatic heterocycles. The highest BCUT2D eigenvalue weighted by molar-refractivity contribution is 5.94. The summed E-state index contributed by atoms with van der Waals surface area (Å²) in [7, 11) is 2.05. The molecule has 5 heteroatoms. The number of hydrogen-bond acceptors (Lipinski definition) is 4. The molecule has 0 atom stereocenters. The number of hydrogen-bond donors (Lipinski definition) is 0. The van der Waals surface area contributed by atoms with Crippen molar-refractivity contribution in [3.05, 3.63) is 36.4 Å². The molecule has 0 unspecified atom stereocenters. The van der Waals surface area contributed by atoms with Crippen molar-refractivity contribution in [2.24, 2.45) is 7.05 Å². The highest BCUT2D eigenvalue weighted by Gasteiger charge is 2.25. The number of para-hydroxylation sites is 1. The Labute approximate surface area is 148 Å². The topological polar surface area (TPSA) is 47.1 Å². The van der Waals surface area contributed by atoms with E-state index in [1.54, 1.807) is 0 Å². The molecule has 2 aromatic heterocycles. The Morgan fingerprint density at radius 3 is 2.80 bits per heavy atom. The number of benzene rings is 1. The van der Waals surface area contributed by atoms with Crippen molar-refractivity contribution in [1.82, 2.24) is 19.6 Å². The van der Waals surface area contributed by atoms with Crippen LogP contribution in [0.4, 0.5) is 0 Å².